The summed E-state index contributed by atoms with van der Waals surface area (Å²) < 4.78 is 74.5. The fourth-order valence-electron chi connectivity index (χ4n) is 5.88. The predicted octanol–water partition coefficient (Wildman–Crippen LogP) is 5.61. The number of sulfonamides is 1. The quantitative estimate of drug-likeness (QED) is 0.0748. The van der Waals surface area contributed by atoms with E-state index in [0.717, 1.165) is 43.3 Å². The summed E-state index contributed by atoms with van der Waals surface area (Å²) in [5.41, 5.74) is 2.54. The summed E-state index contributed by atoms with van der Waals surface area (Å²) in [6.45, 7) is 14.9. The zero-order chi connectivity index (χ0) is 34.7. The molecule has 2 aromatic carbocycles. The lowest BCUT2D eigenvalue weighted by Gasteiger charge is -2.23. The molecule has 0 fully saturated rings. The number of nitrogens with zero attached hydrogens (tertiary/aromatic N) is 2. The molecule has 1 unspecified atom stereocenters. The fraction of sp³-hybridized carbons (Fsp3) is 0.412. The maximum atomic E-state index is 13.5. The molecule has 2 aromatic rings. The van der Waals surface area contributed by atoms with E-state index in [2.05, 4.69) is 14.2 Å². The Morgan fingerprint density at radius 2 is 1.60 bits per heavy atom. The highest BCUT2D eigenvalue weighted by Gasteiger charge is 2.30. The number of rotatable bonds is 14. The first-order valence-corrected chi connectivity index (χ1v) is 19.2. The number of Topliss-reactive ketones (excluding diaryl/α,β-unsaturated/α-hetero) is 1. The van der Waals surface area contributed by atoms with Gasteiger partial charge in [0.2, 0.25) is 15.4 Å². The van der Waals surface area contributed by atoms with Crippen LogP contribution in [0.3, 0.4) is 0 Å². The summed E-state index contributed by atoms with van der Waals surface area (Å²) in [6, 6.07) is 13.8. The van der Waals surface area contributed by atoms with Gasteiger partial charge in [-0.25, -0.2) is 17.7 Å². The largest absolute Gasteiger partial charge is 0.456 e. The van der Waals surface area contributed by atoms with Gasteiger partial charge in [-0.2, -0.15) is 8.42 Å². The van der Waals surface area contributed by atoms with Gasteiger partial charge in [0, 0.05) is 53.0 Å². The van der Waals surface area contributed by atoms with Gasteiger partial charge in [0.1, 0.15) is 29.3 Å². The van der Waals surface area contributed by atoms with Gasteiger partial charge in [0.15, 0.2) is 5.78 Å². The molecular formula is C34H43ClN3O7S2+. The number of alkyl halides is 1. The standard InChI is InChI=1S/C34H42ClN3O7S2/c1-7-37(8-2)23-11-14-26-31(18-23)45-32-19-24(38(9-3)10-4)12-15-27(32)34(26)28-16-13-25(20-33(28)47(42,43)44)46(40,41)36-29(17-22(5)6)30(39)21-35/h11-16,18-20,22,29,36H,7-10,17,21H2,1-6H3/p+1. The molecule has 4 rings (SSSR count). The number of hydrogen-bond acceptors (Lipinski definition) is 7. The number of fused-ring (bicyclic) bond motifs is 2. The molecule has 1 aliphatic carbocycles. The van der Waals surface area contributed by atoms with E-state index in [-0.39, 0.29) is 23.8 Å². The van der Waals surface area contributed by atoms with Crippen molar-refractivity contribution in [2.45, 2.75) is 63.8 Å². The molecule has 47 heavy (non-hydrogen) atoms. The van der Waals surface area contributed by atoms with Crippen molar-refractivity contribution in [3.05, 3.63) is 60.0 Å². The number of benzene rings is 3. The molecule has 1 aliphatic heterocycles. The van der Waals surface area contributed by atoms with E-state index in [0.29, 0.717) is 27.9 Å². The summed E-state index contributed by atoms with van der Waals surface area (Å²) >= 11 is 5.75. The molecule has 0 saturated heterocycles. The third-order valence-electron chi connectivity index (χ3n) is 8.28. The Morgan fingerprint density at radius 1 is 0.936 bits per heavy atom. The number of carbonyl (C=O) groups is 1. The highest BCUT2D eigenvalue weighted by molar-refractivity contribution is 7.89. The second kappa shape index (κ2) is 14.9. The van der Waals surface area contributed by atoms with E-state index >= 15 is 0 Å². The van der Waals surface area contributed by atoms with Gasteiger partial charge in [0.25, 0.3) is 10.1 Å². The Bertz CT molecular complexity index is 2030. The van der Waals surface area contributed by atoms with Crippen LogP contribution in [0.5, 0.6) is 0 Å². The highest BCUT2D eigenvalue weighted by atomic mass is 35.5. The normalized spacial score (nSPS) is 13.0. The molecule has 254 valence electrons. The van der Waals surface area contributed by atoms with Crippen LogP contribution in [0.15, 0.2) is 68.8 Å². The second-order valence-electron chi connectivity index (χ2n) is 11.7. The van der Waals surface area contributed by atoms with Crippen molar-refractivity contribution in [3.63, 3.8) is 0 Å². The van der Waals surface area contributed by atoms with Crippen LogP contribution in [-0.4, -0.2) is 65.3 Å². The van der Waals surface area contributed by atoms with Crippen LogP contribution in [0.2, 0.25) is 0 Å². The Morgan fingerprint density at radius 3 is 2.17 bits per heavy atom. The number of hydrogen-bond donors (Lipinski definition) is 2. The van der Waals surface area contributed by atoms with Gasteiger partial charge >= 0.3 is 0 Å². The van der Waals surface area contributed by atoms with E-state index in [1.807, 2.05) is 77.9 Å². The first-order valence-electron chi connectivity index (χ1n) is 15.7. The van der Waals surface area contributed by atoms with Crippen molar-refractivity contribution in [3.8, 4) is 22.5 Å². The molecule has 0 spiro atoms. The third-order valence-corrected chi connectivity index (χ3v) is 10.9. The lowest BCUT2D eigenvalue weighted by atomic mass is 9.93. The van der Waals surface area contributed by atoms with Gasteiger partial charge in [-0.05, 0) is 70.4 Å². The van der Waals surface area contributed by atoms with Gasteiger partial charge in [-0.3, -0.25) is 9.35 Å². The molecule has 0 bridgehead atoms. The van der Waals surface area contributed by atoms with Crippen LogP contribution in [0.4, 0.5) is 5.69 Å². The first-order chi connectivity index (χ1) is 22.2. The molecule has 0 aromatic heterocycles. The zero-order valence-corrected chi connectivity index (χ0v) is 30.0. The lowest BCUT2D eigenvalue weighted by Crippen LogP contribution is -2.42. The molecule has 2 aliphatic rings. The lowest BCUT2D eigenvalue weighted by molar-refractivity contribution is -0.118. The number of ketones is 1. The number of carbonyl (C=O) groups excluding carboxylic acids is 1. The van der Waals surface area contributed by atoms with Crippen molar-refractivity contribution in [2.24, 2.45) is 5.92 Å². The van der Waals surface area contributed by atoms with Crippen LogP contribution in [-0.2, 0) is 24.9 Å². The average Bonchev–Trinajstić information content (AvgIpc) is 3.03. The van der Waals surface area contributed by atoms with E-state index < -0.39 is 41.8 Å². The molecule has 1 heterocycles. The van der Waals surface area contributed by atoms with Gasteiger partial charge in [-0.1, -0.05) is 19.9 Å². The monoisotopic (exact) mass is 704 g/mol. The van der Waals surface area contributed by atoms with Crippen molar-refractivity contribution >= 4 is 54.2 Å². The fourth-order valence-corrected chi connectivity index (χ4v) is 8.13. The molecule has 0 amide bonds. The summed E-state index contributed by atoms with van der Waals surface area (Å²) in [4.78, 5) is 13.6. The van der Waals surface area contributed by atoms with Gasteiger partial charge < -0.3 is 9.32 Å². The summed E-state index contributed by atoms with van der Waals surface area (Å²) in [5, 5.41) is 1.49. The van der Waals surface area contributed by atoms with Crippen molar-refractivity contribution in [1.82, 2.24) is 9.30 Å². The van der Waals surface area contributed by atoms with Crippen molar-refractivity contribution in [1.29, 1.82) is 0 Å². The van der Waals surface area contributed by atoms with Crippen LogP contribution < -0.4 is 19.6 Å². The highest BCUT2D eigenvalue weighted by Crippen LogP contribution is 2.43. The topological polar surface area (TPSA) is 137 Å². The Kier molecular flexibility index (Phi) is 11.6. The second-order valence-corrected chi connectivity index (χ2v) is 15.1. The van der Waals surface area contributed by atoms with E-state index in [9.17, 15) is 26.2 Å². The van der Waals surface area contributed by atoms with E-state index in [1.54, 1.807) is 0 Å². The molecule has 13 heteroatoms. The number of halogens is 1. The van der Waals surface area contributed by atoms with Gasteiger partial charge in [0.05, 0.1) is 22.9 Å². The summed E-state index contributed by atoms with van der Waals surface area (Å²) in [6.07, 6.45) is 0.199. The molecule has 0 radical (unpaired) electrons. The van der Waals surface area contributed by atoms with Crippen LogP contribution in [0.25, 0.3) is 33.4 Å². The number of nitrogens with one attached hydrogen (secondary N) is 1. The van der Waals surface area contributed by atoms with Gasteiger partial charge in [-0.15, -0.1) is 11.6 Å². The van der Waals surface area contributed by atoms with Crippen LogP contribution >= 0.6 is 11.6 Å². The number of anilines is 1. The maximum Gasteiger partial charge on any atom is 0.295 e. The Labute approximate surface area is 282 Å². The molecule has 10 nitrogen and oxygen atoms in total. The smallest absolute Gasteiger partial charge is 0.295 e. The minimum atomic E-state index is -4.96. The predicted molar refractivity (Wildman–Crippen MR) is 187 cm³/mol. The van der Waals surface area contributed by atoms with E-state index in [1.165, 1.54) is 12.1 Å². The Balaban J connectivity index is 2.04. The molecular weight excluding hydrogens is 662 g/mol. The van der Waals surface area contributed by atoms with Crippen LogP contribution in [0, 0.1) is 5.92 Å². The zero-order valence-electron chi connectivity index (χ0n) is 27.6. The third kappa shape index (κ3) is 7.89. The summed E-state index contributed by atoms with van der Waals surface area (Å²) in [5.74, 6) is -0.431. The minimum absolute atomic E-state index is 0.0276. The van der Waals surface area contributed by atoms with E-state index in [4.69, 9.17) is 16.0 Å². The summed E-state index contributed by atoms with van der Waals surface area (Å²) in [7, 11) is -9.36. The SMILES string of the molecule is CCN(CC)c1ccc2c(-c3ccc(S(=O)(=O)NC(CC(C)C)C(=O)CCl)cc3S(=O)(=O)O)c3ccc(=[N+](CC)CC)cc-3oc2c1. The average molecular weight is 705 g/mol. The molecule has 2 N–H and O–H groups in total. The minimum Gasteiger partial charge on any atom is -0.456 e. The van der Waals surface area contributed by atoms with Crippen molar-refractivity contribution < 1.29 is 30.6 Å². The Hall–Kier alpha value is -3.29. The van der Waals surface area contributed by atoms with Crippen LogP contribution in [0.1, 0.15) is 48.0 Å². The first kappa shape index (κ1) is 36.5. The van der Waals surface area contributed by atoms with Crippen molar-refractivity contribution in [2.75, 3.05) is 37.0 Å². The molecule has 0 saturated carbocycles. The maximum absolute atomic E-state index is 13.5. The molecule has 1 atom stereocenters.